The number of nitrogens with two attached hydrogens (primary N) is 1. The van der Waals surface area contributed by atoms with Gasteiger partial charge in [-0.05, 0) is 31.5 Å². The summed E-state index contributed by atoms with van der Waals surface area (Å²) in [7, 11) is 1.56. The zero-order valence-electron chi connectivity index (χ0n) is 9.91. The van der Waals surface area contributed by atoms with Crippen molar-refractivity contribution < 1.29 is 9.53 Å². The van der Waals surface area contributed by atoms with Crippen molar-refractivity contribution in [1.29, 1.82) is 0 Å². The minimum Gasteiger partial charge on any atom is -0.497 e. The lowest BCUT2D eigenvalue weighted by Crippen LogP contribution is -2.32. The van der Waals surface area contributed by atoms with Crippen LogP contribution in [0.1, 0.15) is 30.6 Å². The summed E-state index contributed by atoms with van der Waals surface area (Å²) in [6.45, 7) is 3.97. The third-order valence-corrected chi connectivity index (χ3v) is 2.49. The van der Waals surface area contributed by atoms with E-state index < -0.39 is 0 Å². The molecule has 1 unspecified atom stereocenters. The number of methoxy groups -OCH3 is 1. The molecule has 0 aliphatic carbocycles. The van der Waals surface area contributed by atoms with E-state index >= 15 is 0 Å². The van der Waals surface area contributed by atoms with Crippen LogP contribution < -0.4 is 15.8 Å². The summed E-state index contributed by atoms with van der Waals surface area (Å²) in [6.07, 6.45) is 0.885. The monoisotopic (exact) mass is 222 g/mol. The highest BCUT2D eigenvalue weighted by molar-refractivity contribution is 5.99. The molecule has 1 atom stereocenters. The van der Waals surface area contributed by atoms with Crippen LogP contribution in [-0.2, 0) is 0 Å². The molecule has 0 fully saturated rings. The van der Waals surface area contributed by atoms with Crippen molar-refractivity contribution in [1.82, 2.24) is 5.32 Å². The lowest BCUT2D eigenvalue weighted by atomic mass is 10.1. The first-order chi connectivity index (χ1) is 7.58. The zero-order chi connectivity index (χ0) is 12.1. The fourth-order valence-corrected chi connectivity index (χ4v) is 1.26. The third kappa shape index (κ3) is 2.89. The van der Waals surface area contributed by atoms with Crippen molar-refractivity contribution in [2.24, 2.45) is 0 Å². The number of benzene rings is 1. The molecule has 0 bridgehead atoms. The maximum atomic E-state index is 11.9. The molecule has 0 aromatic heterocycles. The number of ether oxygens (including phenoxy) is 1. The molecule has 0 saturated heterocycles. The normalized spacial score (nSPS) is 11.9. The van der Waals surface area contributed by atoms with E-state index in [2.05, 4.69) is 5.32 Å². The summed E-state index contributed by atoms with van der Waals surface area (Å²) in [6, 6.07) is 5.19. The predicted octanol–water partition coefficient (Wildman–Crippen LogP) is 1.81. The molecule has 3 N–H and O–H groups in total. The van der Waals surface area contributed by atoms with Crippen LogP contribution in [-0.4, -0.2) is 19.1 Å². The van der Waals surface area contributed by atoms with Crippen LogP contribution in [0.5, 0.6) is 5.75 Å². The van der Waals surface area contributed by atoms with Crippen molar-refractivity contribution in [3.63, 3.8) is 0 Å². The first-order valence-corrected chi connectivity index (χ1v) is 5.32. The highest BCUT2D eigenvalue weighted by atomic mass is 16.5. The Bertz CT molecular complexity index is 377. The Morgan fingerprint density at radius 1 is 1.56 bits per heavy atom. The number of carbonyl (C=O) groups excluding carboxylic acids is 1. The fraction of sp³-hybridized carbons (Fsp3) is 0.417. The molecule has 1 aromatic carbocycles. The first kappa shape index (κ1) is 12.4. The van der Waals surface area contributed by atoms with Gasteiger partial charge in [0.25, 0.3) is 5.91 Å². The van der Waals surface area contributed by atoms with Gasteiger partial charge in [0.05, 0.1) is 12.7 Å². The molecule has 0 radical (unpaired) electrons. The average Bonchev–Trinajstić information content (AvgIpc) is 2.29. The number of anilines is 1. The lowest BCUT2D eigenvalue weighted by molar-refractivity contribution is 0.0940. The van der Waals surface area contributed by atoms with Crippen LogP contribution in [0.25, 0.3) is 0 Å². The highest BCUT2D eigenvalue weighted by Crippen LogP contribution is 2.19. The van der Waals surface area contributed by atoms with Gasteiger partial charge in [0, 0.05) is 11.7 Å². The van der Waals surface area contributed by atoms with Gasteiger partial charge in [-0.1, -0.05) is 6.92 Å². The standard InChI is InChI=1S/C12H18N2O2/c1-4-8(2)14-12(15)10-7-9(16-3)5-6-11(10)13/h5-8H,4,13H2,1-3H3,(H,14,15). The number of nitrogen functional groups attached to an aromatic ring is 1. The van der Waals surface area contributed by atoms with Gasteiger partial charge in [0.2, 0.25) is 0 Å². The fourth-order valence-electron chi connectivity index (χ4n) is 1.26. The van der Waals surface area contributed by atoms with E-state index in [-0.39, 0.29) is 11.9 Å². The quantitative estimate of drug-likeness (QED) is 0.763. The van der Waals surface area contributed by atoms with Crippen molar-refractivity contribution in [3.8, 4) is 5.75 Å². The summed E-state index contributed by atoms with van der Waals surface area (Å²) in [4.78, 5) is 11.9. The number of amides is 1. The van der Waals surface area contributed by atoms with Crippen LogP contribution in [0.15, 0.2) is 18.2 Å². The van der Waals surface area contributed by atoms with E-state index in [4.69, 9.17) is 10.5 Å². The van der Waals surface area contributed by atoms with Gasteiger partial charge in [0.1, 0.15) is 5.75 Å². The molecule has 4 heteroatoms. The predicted molar refractivity (Wildman–Crippen MR) is 64.6 cm³/mol. The molecule has 1 aromatic rings. The number of carbonyl (C=O) groups is 1. The van der Waals surface area contributed by atoms with Gasteiger partial charge in [-0.25, -0.2) is 0 Å². The van der Waals surface area contributed by atoms with E-state index in [0.29, 0.717) is 17.0 Å². The van der Waals surface area contributed by atoms with Gasteiger partial charge in [-0.2, -0.15) is 0 Å². The topological polar surface area (TPSA) is 64.3 Å². The van der Waals surface area contributed by atoms with Gasteiger partial charge in [-0.3, -0.25) is 4.79 Å². The van der Waals surface area contributed by atoms with E-state index in [1.807, 2.05) is 13.8 Å². The Morgan fingerprint density at radius 3 is 2.81 bits per heavy atom. The van der Waals surface area contributed by atoms with Crippen LogP contribution in [0.4, 0.5) is 5.69 Å². The second kappa shape index (κ2) is 5.39. The molecule has 1 rings (SSSR count). The Kier molecular flexibility index (Phi) is 4.17. The SMILES string of the molecule is CCC(C)NC(=O)c1cc(OC)ccc1N. The van der Waals surface area contributed by atoms with Crippen LogP contribution in [0.2, 0.25) is 0 Å². The number of nitrogens with one attached hydrogen (secondary N) is 1. The van der Waals surface area contributed by atoms with Crippen LogP contribution in [0, 0.1) is 0 Å². The minimum atomic E-state index is -0.161. The zero-order valence-corrected chi connectivity index (χ0v) is 9.91. The van der Waals surface area contributed by atoms with E-state index in [0.717, 1.165) is 6.42 Å². The summed E-state index contributed by atoms with van der Waals surface area (Å²) in [5.74, 6) is 0.467. The number of hydrogen-bond acceptors (Lipinski definition) is 3. The van der Waals surface area contributed by atoms with Gasteiger partial charge in [0.15, 0.2) is 0 Å². The van der Waals surface area contributed by atoms with Crippen LogP contribution >= 0.6 is 0 Å². The number of rotatable bonds is 4. The molecule has 88 valence electrons. The molecule has 0 aliphatic rings. The van der Waals surface area contributed by atoms with Gasteiger partial charge in [-0.15, -0.1) is 0 Å². The molecule has 4 nitrogen and oxygen atoms in total. The summed E-state index contributed by atoms with van der Waals surface area (Å²) in [5, 5.41) is 2.86. The molecular formula is C12H18N2O2. The smallest absolute Gasteiger partial charge is 0.253 e. The molecule has 16 heavy (non-hydrogen) atoms. The maximum Gasteiger partial charge on any atom is 0.253 e. The van der Waals surface area contributed by atoms with Crippen LogP contribution in [0.3, 0.4) is 0 Å². The Morgan fingerprint density at radius 2 is 2.25 bits per heavy atom. The number of hydrogen-bond donors (Lipinski definition) is 2. The molecule has 0 saturated carbocycles. The van der Waals surface area contributed by atoms with E-state index in [9.17, 15) is 4.79 Å². The maximum absolute atomic E-state index is 11.9. The molecular weight excluding hydrogens is 204 g/mol. The third-order valence-electron chi connectivity index (χ3n) is 2.49. The van der Waals surface area contributed by atoms with Crippen molar-refractivity contribution in [2.75, 3.05) is 12.8 Å². The van der Waals surface area contributed by atoms with E-state index in [1.165, 1.54) is 0 Å². The Labute approximate surface area is 95.8 Å². The molecule has 0 heterocycles. The molecule has 1 amide bonds. The summed E-state index contributed by atoms with van der Waals surface area (Å²) >= 11 is 0. The van der Waals surface area contributed by atoms with Crippen molar-refractivity contribution in [2.45, 2.75) is 26.3 Å². The second-order valence-corrected chi connectivity index (χ2v) is 3.74. The van der Waals surface area contributed by atoms with Gasteiger partial charge < -0.3 is 15.8 Å². The van der Waals surface area contributed by atoms with Crippen molar-refractivity contribution in [3.05, 3.63) is 23.8 Å². The summed E-state index contributed by atoms with van der Waals surface area (Å²) < 4.78 is 5.06. The highest BCUT2D eigenvalue weighted by Gasteiger charge is 2.12. The first-order valence-electron chi connectivity index (χ1n) is 5.32. The minimum absolute atomic E-state index is 0.137. The lowest BCUT2D eigenvalue weighted by Gasteiger charge is -2.13. The summed E-state index contributed by atoms with van der Waals surface area (Å²) in [5.41, 5.74) is 6.66. The molecule has 0 spiro atoms. The van der Waals surface area contributed by atoms with Crippen molar-refractivity contribution >= 4 is 11.6 Å². The Balaban J connectivity index is 2.89. The Hall–Kier alpha value is -1.71. The second-order valence-electron chi connectivity index (χ2n) is 3.74. The van der Waals surface area contributed by atoms with E-state index in [1.54, 1.807) is 25.3 Å². The largest absolute Gasteiger partial charge is 0.497 e. The van der Waals surface area contributed by atoms with Gasteiger partial charge >= 0.3 is 0 Å². The molecule has 0 aliphatic heterocycles. The average molecular weight is 222 g/mol.